The summed E-state index contributed by atoms with van der Waals surface area (Å²) in [5, 5.41) is 11.2. The molecule has 1 aromatic carbocycles. The van der Waals surface area contributed by atoms with E-state index in [4.69, 9.17) is 4.42 Å². The van der Waals surface area contributed by atoms with Crippen molar-refractivity contribution in [2.24, 2.45) is 5.92 Å². The Hall–Kier alpha value is -3.87. The quantitative estimate of drug-likeness (QED) is 0.344. The van der Waals surface area contributed by atoms with Gasteiger partial charge in [0, 0.05) is 12.5 Å². The summed E-state index contributed by atoms with van der Waals surface area (Å²) in [7, 11) is 0. The molecule has 0 radical (unpaired) electrons. The Morgan fingerprint density at radius 3 is 2.34 bits per heavy atom. The molecule has 13 heteroatoms. The number of carbonyl (C=O) groups excluding carboxylic acids is 5. The van der Waals surface area contributed by atoms with E-state index in [2.05, 4.69) is 26.3 Å². The van der Waals surface area contributed by atoms with Crippen LogP contribution in [-0.2, 0) is 25.6 Å². The number of nitrogens with one attached hydrogen (secondary N) is 4. The van der Waals surface area contributed by atoms with Crippen LogP contribution in [0, 0.1) is 5.92 Å². The summed E-state index contributed by atoms with van der Waals surface area (Å²) in [6.07, 6.45) is 3.76. The van der Waals surface area contributed by atoms with E-state index in [1.807, 2.05) is 50.4 Å². The first-order valence-electron chi connectivity index (χ1n) is 14.9. The van der Waals surface area contributed by atoms with Crippen LogP contribution in [0.3, 0.4) is 0 Å². The van der Waals surface area contributed by atoms with E-state index in [0.717, 1.165) is 5.56 Å². The number of rotatable bonds is 8. The van der Waals surface area contributed by atoms with E-state index in [1.54, 1.807) is 20.8 Å². The van der Waals surface area contributed by atoms with Crippen molar-refractivity contribution in [3.63, 3.8) is 0 Å². The van der Waals surface area contributed by atoms with E-state index in [1.165, 1.54) is 23.1 Å². The van der Waals surface area contributed by atoms with Crippen molar-refractivity contribution in [1.29, 1.82) is 0 Å². The molecule has 4 atom stereocenters. The summed E-state index contributed by atoms with van der Waals surface area (Å²) in [5.74, 6) is -2.10. The van der Waals surface area contributed by atoms with E-state index in [-0.39, 0.29) is 24.1 Å². The third kappa shape index (κ3) is 9.57. The third-order valence-electron chi connectivity index (χ3n) is 7.32. The summed E-state index contributed by atoms with van der Waals surface area (Å²) in [6, 6.07) is 5.99. The van der Waals surface area contributed by atoms with E-state index in [9.17, 15) is 24.0 Å². The number of thioether (sulfide) groups is 1. The van der Waals surface area contributed by atoms with Crippen molar-refractivity contribution in [3.8, 4) is 0 Å². The molecule has 0 aliphatic carbocycles. The van der Waals surface area contributed by atoms with Gasteiger partial charge in [0.2, 0.25) is 23.6 Å². The molecular weight excluding hydrogens is 584 g/mol. The van der Waals surface area contributed by atoms with Gasteiger partial charge >= 0.3 is 0 Å². The van der Waals surface area contributed by atoms with Crippen molar-refractivity contribution < 1.29 is 28.4 Å². The van der Waals surface area contributed by atoms with Crippen molar-refractivity contribution >= 4 is 41.3 Å². The van der Waals surface area contributed by atoms with Gasteiger partial charge in [-0.3, -0.25) is 24.0 Å². The zero-order valence-corrected chi connectivity index (χ0v) is 27.0. The van der Waals surface area contributed by atoms with Gasteiger partial charge in [-0.05, 0) is 43.3 Å². The maximum atomic E-state index is 13.9. The summed E-state index contributed by atoms with van der Waals surface area (Å²) in [4.78, 5) is 72.9. The molecule has 2 aromatic rings. The predicted molar refractivity (Wildman–Crippen MR) is 168 cm³/mol. The predicted octanol–water partition coefficient (Wildman–Crippen LogP) is 1.86. The van der Waals surface area contributed by atoms with Crippen LogP contribution < -0.4 is 21.3 Å². The van der Waals surface area contributed by atoms with Crippen LogP contribution in [0.4, 0.5) is 0 Å². The zero-order chi connectivity index (χ0) is 32.4. The van der Waals surface area contributed by atoms with E-state index < -0.39 is 60.2 Å². The lowest BCUT2D eigenvalue weighted by Gasteiger charge is -2.29. The zero-order valence-electron chi connectivity index (χ0n) is 26.2. The lowest BCUT2D eigenvalue weighted by molar-refractivity contribution is -0.134. The molecule has 4 N–H and O–H groups in total. The van der Waals surface area contributed by atoms with Crippen LogP contribution in [0.15, 0.2) is 41.1 Å². The first kappa shape index (κ1) is 34.6. The van der Waals surface area contributed by atoms with Crippen molar-refractivity contribution in [3.05, 3.63) is 53.7 Å². The van der Waals surface area contributed by atoms with Crippen molar-refractivity contribution in [1.82, 2.24) is 31.2 Å². The molecule has 2 heterocycles. The van der Waals surface area contributed by atoms with Crippen LogP contribution in [0.2, 0.25) is 0 Å². The second-order valence-corrected chi connectivity index (χ2v) is 12.6. The molecule has 240 valence electrons. The number of oxazole rings is 1. The fraction of sp³-hybridized carbons (Fsp3) is 0.548. The van der Waals surface area contributed by atoms with Crippen LogP contribution in [-0.4, -0.2) is 88.7 Å². The van der Waals surface area contributed by atoms with Gasteiger partial charge < -0.3 is 30.6 Å². The molecule has 1 aliphatic rings. The summed E-state index contributed by atoms with van der Waals surface area (Å²) < 4.78 is 5.49. The largest absolute Gasteiger partial charge is 0.447 e. The standard InChI is InChI=1S/C31H44N6O6S/c1-18(2)25-30(41)35-23(12-13-44-6)29(40)33-20(5)28(39)34-22(14-21-10-8-7-9-11-21)15-37(16-24(38)36-25)31(42)26-27(19(3)4)43-17-32-26/h7-11,17-20,22-23,25H,12-16H2,1-6H3,(H,33,40)(H,34,39)(H,35,41)(H,36,38)/t20-,22+,23-,25-/m0/s1. The number of carbonyl (C=O) groups is 5. The Balaban J connectivity index is 2.04. The maximum absolute atomic E-state index is 13.9. The molecule has 5 amide bonds. The molecule has 0 unspecified atom stereocenters. The highest BCUT2D eigenvalue weighted by Crippen LogP contribution is 2.20. The maximum Gasteiger partial charge on any atom is 0.276 e. The van der Waals surface area contributed by atoms with Gasteiger partial charge in [0.05, 0.1) is 12.6 Å². The molecule has 3 rings (SSSR count). The highest BCUT2D eigenvalue weighted by atomic mass is 32.2. The molecule has 0 spiro atoms. The first-order chi connectivity index (χ1) is 20.9. The SMILES string of the molecule is CSCC[C@@H]1NC(=O)[C@H](C(C)C)NC(=O)CN(C(=O)c2ncoc2C(C)C)C[C@@H](Cc2ccccc2)NC(=O)[C@H](C)NC1=O. The Kier molecular flexibility index (Phi) is 12.8. The molecule has 0 saturated carbocycles. The Labute approximate surface area is 262 Å². The van der Waals surface area contributed by atoms with Gasteiger partial charge in [0.15, 0.2) is 12.1 Å². The van der Waals surface area contributed by atoms with Crippen LogP contribution >= 0.6 is 11.8 Å². The molecule has 0 bridgehead atoms. The highest BCUT2D eigenvalue weighted by Gasteiger charge is 2.34. The minimum Gasteiger partial charge on any atom is -0.447 e. The summed E-state index contributed by atoms with van der Waals surface area (Å²) in [6.45, 7) is 8.40. The molecule has 1 aliphatic heterocycles. The minimum absolute atomic E-state index is 0.0488. The number of hydrogen-bond donors (Lipinski definition) is 4. The van der Waals surface area contributed by atoms with Gasteiger partial charge in [0.25, 0.3) is 5.91 Å². The number of benzene rings is 1. The number of nitrogens with zero attached hydrogens (tertiary/aromatic N) is 2. The Morgan fingerprint density at radius 2 is 1.70 bits per heavy atom. The van der Waals surface area contributed by atoms with E-state index in [0.29, 0.717) is 24.4 Å². The lowest BCUT2D eigenvalue weighted by Crippen LogP contribution is -2.57. The average molecular weight is 629 g/mol. The number of amides is 5. The topological polar surface area (TPSA) is 163 Å². The molecule has 1 fully saturated rings. The highest BCUT2D eigenvalue weighted by molar-refractivity contribution is 7.98. The summed E-state index contributed by atoms with van der Waals surface area (Å²) >= 11 is 1.52. The minimum atomic E-state index is -0.968. The number of hydrogen-bond acceptors (Lipinski definition) is 8. The molecule has 1 saturated heterocycles. The second kappa shape index (κ2) is 16.3. The number of aromatic nitrogens is 1. The lowest BCUT2D eigenvalue weighted by atomic mass is 10.0. The van der Waals surface area contributed by atoms with Gasteiger partial charge in [0.1, 0.15) is 23.9 Å². The van der Waals surface area contributed by atoms with Gasteiger partial charge in [-0.1, -0.05) is 58.0 Å². The Bertz CT molecular complexity index is 1300. The fourth-order valence-electron chi connectivity index (χ4n) is 4.92. The molecule has 44 heavy (non-hydrogen) atoms. The Morgan fingerprint density at radius 1 is 1.00 bits per heavy atom. The van der Waals surface area contributed by atoms with Crippen LogP contribution in [0.5, 0.6) is 0 Å². The van der Waals surface area contributed by atoms with Crippen molar-refractivity contribution in [2.45, 2.75) is 77.5 Å². The van der Waals surface area contributed by atoms with Crippen molar-refractivity contribution in [2.75, 3.05) is 25.1 Å². The molecule has 1 aromatic heterocycles. The average Bonchev–Trinajstić information content (AvgIpc) is 3.47. The second-order valence-electron chi connectivity index (χ2n) is 11.7. The van der Waals surface area contributed by atoms with E-state index >= 15 is 0 Å². The van der Waals surface area contributed by atoms with Gasteiger partial charge in [-0.2, -0.15) is 11.8 Å². The monoisotopic (exact) mass is 628 g/mol. The smallest absolute Gasteiger partial charge is 0.276 e. The van der Waals surface area contributed by atoms with Gasteiger partial charge in [-0.25, -0.2) is 4.98 Å². The van der Waals surface area contributed by atoms with Gasteiger partial charge in [-0.15, -0.1) is 0 Å². The molecule has 12 nitrogen and oxygen atoms in total. The van der Waals surface area contributed by atoms with Crippen LogP contribution in [0.1, 0.15) is 68.8 Å². The third-order valence-corrected chi connectivity index (χ3v) is 7.96. The first-order valence-corrected chi connectivity index (χ1v) is 16.3. The van der Waals surface area contributed by atoms with Crippen LogP contribution in [0.25, 0.3) is 0 Å². The normalized spacial score (nSPS) is 22.5. The fourth-order valence-corrected chi connectivity index (χ4v) is 5.39. The summed E-state index contributed by atoms with van der Waals surface area (Å²) in [5.41, 5.74) is 0.978. The molecular formula is C31H44N6O6S.